The first-order chi connectivity index (χ1) is 21.7. The summed E-state index contributed by atoms with van der Waals surface area (Å²) in [4.78, 5) is 16.9. The average molecular weight is 624 g/mol. The smallest absolute Gasteiger partial charge is 0.393 e. The maximum atomic E-state index is 12.6. The number of methoxy groups -OCH3 is 1. The number of hydrogen-bond acceptors (Lipinski definition) is 6. The normalized spacial score (nSPS) is 19.3. The molecule has 6 nitrogen and oxygen atoms in total. The van der Waals surface area contributed by atoms with Gasteiger partial charge in [0.15, 0.2) is 0 Å². The summed E-state index contributed by atoms with van der Waals surface area (Å²) in [6.45, 7) is 0.531. The van der Waals surface area contributed by atoms with E-state index in [1.807, 2.05) is 42.5 Å². The number of nitrogens with one attached hydrogen (secondary N) is 1. The van der Waals surface area contributed by atoms with E-state index in [2.05, 4.69) is 29.7 Å². The average Bonchev–Trinajstić information content (AvgIpc) is 3.33. The molecule has 0 aromatic heterocycles. The predicted molar refractivity (Wildman–Crippen MR) is 166 cm³/mol. The molecule has 45 heavy (non-hydrogen) atoms. The van der Waals surface area contributed by atoms with Crippen LogP contribution in [0.4, 0.5) is 13.2 Å². The number of carbonyl (C=O) groups excluding carboxylic acids is 1. The first-order valence-corrected chi connectivity index (χ1v) is 15.1. The summed E-state index contributed by atoms with van der Waals surface area (Å²) in [6.07, 6.45) is 2.35. The molecule has 240 valence electrons. The van der Waals surface area contributed by atoms with Gasteiger partial charge in [0.05, 0.1) is 39.0 Å². The third kappa shape index (κ3) is 11.2. The van der Waals surface area contributed by atoms with Crippen LogP contribution in [0.25, 0.3) is 11.1 Å². The van der Waals surface area contributed by atoms with Crippen LogP contribution in [-0.4, -0.2) is 36.6 Å². The topological polar surface area (TPSA) is 77.0 Å². The van der Waals surface area contributed by atoms with Crippen LogP contribution in [0, 0.1) is 5.92 Å². The number of rotatable bonds is 15. The van der Waals surface area contributed by atoms with Crippen molar-refractivity contribution in [3.8, 4) is 11.1 Å². The predicted octanol–water partition coefficient (Wildman–Crippen LogP) is 7.62. The Morgan fingerprint density at radius 3 is 2.24 bits per heavy atom. The van der Waals surface area contributed by atoms with Crippen molar-refractivity contribution in [1.29, 1.82) is 0 Å². The van der Waals surface area contributed by atoms with E-state index in [1.54, 1.807) is 18.3 Å². The molecule has 0 amide bonds. The molecule has 9 heteroatoms. The third-order valence-electron chi connectivity index (χ3n) is 7.75. The second kappa shape index (κ2) is 17.0. The fraction of sp³-hybridized carbons (Fsp3) is 0.361. The van der Waals surface area contributed by atoms with Gasteiger partial charge in [0, 0.05) is 25.0 Å². The van der Waals surface area contributed by atoms with Crippen molar-refractivity contribution in [2.45, 2.75) is 70.1 Å². The summed E-state index contributed by atoms with van der Waals surface area (Å²) in [5, 5.41) is 10.9. The largest absolute Gasteiger partial charge is 0.469 e. The number of benzene rings is 3. The van der Waals surface area contributed by atoms with Gasteiger partial charge in [-0.3, -0.25) is 15.1 Å². The Kier molecular flexibility index (Phi) is 12.8. The van der Waals surface area contributed by atoms with E-state index in [0.29, 0.717) is 37.9 Å². The molecule has 3 aromatic carbocycles. The lowest BCUT2D eigenvalue weighted by molar-refractivity contribution is -0.140. The van der Waals surface area contributed by atoms with Gasteiger partial charge < -0.3 is 14.6 Å². The Hall–Kier alpha value is -3.92. The number of allylic oxidation sites excluding steroid dienone is 2. The minimum absolute atomic E-state index is 0.113. The van der Waals surface area contributed by atoms with Crippen LogP contribution in [-0.2, 0) is 38.7 Å². The van der Waals surface area contributed by atoms with Crippen molar-refractivity contribution in [3.63, 3.8) is 0 Å². The Labute approximate surface area is 262 Å². The molecule has 2 N–H and O–H groups in total. The lowest BCUT2D eigenvalue weighted by atomic mass is 9.96. The summed E-state index contributed by atoms with van der Waals surface area (Å²) < 4.78 is 48.9. The van der Waals surface area contributed by atoms with Crippen LogP contribution in [0.2, 0.25) is 0 Å². The fourth-order valence-corrected chi connectivity index (χ4v) is 5.33. The lowest BCUT2D eigenvalue weighted by Gasteiger charge is -2.20. The number of unbranched alkanes of at least 4 members (excludes halogenated alkanes) is 1. The van der Waals surface area contributed by atoms with E-state index in [1.165, 1.54) is 19.2 Å². The molecule has 0 heterocycles. The van der Waals surface area contributed by atoms with Crippen LogP contribution < -0.4 is 5.48 Å². The summed E-state index contributed by atoms with van der Waals surface area (Å²) in [7, 11) is 1.38. The fourth-order valence-electron chi connectivity index (χ4n) is 5.33. The van der Waals surface area contributed by atoms with Gasteiger partial charge in [0.1, 0.15) is 0 Å². The van der Waals surface area contributed by atoms with Crippen LogP contribution in [0.15, 0.2) is 103 Å². The van der Waals surface area contributed by atoms with Crippen LogP contribution in [0.3, 0.4) is 0 Å². The first kappa shape index (κ1) is 34.0. The molecule has 0 radical (unpaired) electrons. The van der Waals surface area contributed by atoms with Crippen molar-refractivity contribution in [1.82, 2.24) is 5.48 Å². The standard InChI is InChI=1S/C36H40F3NO5/c1-43-35(42)12-8-3-2-7-11-31-32(23-40-45-25-28-15-13-26(14-16-28)22-36(37,38)39)33(41)21-34(31)44-24-27-17-19-30(20-18-27)29-9-5-4-6-10-29/h2,4-7,9-10,13-20,23,31,33-34,40-41H,3,8,11-12,21-22,24-25H2,1H3/t31-,33-,34+/m1/s1. The van der Waals surface area contributed by atoms with Gasteiger partial charge in [-0.25, -0.2) is 0 Å². The molecule has 1 aliphatic rings. The number of carbonyl (C=O) groups is 1. The van der Waals surface area contributed by atoms with E-state index in [0.717, 1.165) is 28.7 Å². The quantitative estimate of drug-likeness (QED) is 0.0785. The number of hydroxylamine groups is 1. The summed E-state index contributed by atoms with van der Waals surface area (Å²) in [6, 6.07) is 24.5. The van der Waals surface area contributed by atoms with Crippen molar-refractivity contribution in [2.75, 3.05) is 7.11 Å². The highest BCUT2D eigenvalue weighted by Gasteiger charge is 2.38. The molecule has 0 bridgehead atoms. The van der Waals surface area contributed by atoms with Crippen LogP contribution >= 0.6 is 0 Å². The highest BCUT2D eigenvalue weighted by molar-refractivity contribution is 5.69. The Balaban J connectivity index is 1.35. The maximum Gasteiger partial charge on any atom is 0.393 e. The zero-order chi connectivity index (χ0) is 32.1. The molecule has 0 saturated heterocycles. The summed E-state index contributed by atoms with van der Waals surface area (Å²) in [5.41, 5.74) is 7.75. The van der Waals surface area contributed by atoms with Crippen molar-refractivity contribution in [3.05, 3.63) is 119 Å². The molecular weight excluding hydrogens is 583 g/mol. The molecule has 0 unspecified atom stereocenters. The van der Waals surface area contributed by atoms with Gasteiger partial charge in [-0.1, -0.05) is 91.0 Å². The highest BCUT2D eigenvalue weighted by Crippen LogP contribution is 2.37. The van der Waals surface area contributed by atoms with Gasteiger partial charge in [0.2, 0.25) is 0 Å². The number of aliphatic hydroxyl groups excluding tert-OH is 1. The van der Waals surface area contributed by atoms with Crippen LogP contribution in [0.5, 0.6) is 0 Å². The zero-order valence-electron chi connectivity index (χ0n) is 25.3. The molecule has 0 aliphatic heterocycles. The number of ether oxygens (including phenoxy) is 2. The van der Waals surface area contributed by atoms with E-state index in [9.17, 15) is 23.1 Å². The lowest BCUT2D eigenvalue weighted by Crippen LogP contribution is -2.20. The minimum Gasteiger partial charge on any atom is -0.469 e. The minimum atomic E-state index is -4.25. The van der Waals surface area contributed by atoms with Gasteiger partial charge in [-0.15, -0.1) is 0 Å². The number of hydrogen-bond donors (Lipinski definition) is 2. The SMILES string of the molecule is COC(=O)CCCC=CC[C@@H]1C(=CNOCc2ccc(CC(F)(F)F)cc2)[C@H](O)C[C@@H]1OCc1ccc(-c2ccccc2)cc1. The Morgan fingerprint density at radius 1 is 0.911 bits per heavy atom. The zero-order valence-corrected chi connectivity index (χ0v) is 25.3. The van der Waals surface area contributed by atoms with Gasteiger partial charge in [-0.2, -0.15) is 13.2 Å². The second-order valence-corrected chi connectivity index (χ2v) is 11.1. The van der Waals surface area contributed by atoms with Crippen molar-refractivity contribution in [2.24, 2.45) is 5.92 Å². The molecule has 1 fully saturated rings. The van der Waals surface area contributed by atoms with Crippen molar-refractivity contribution >= 4 is 5.97 Å². The van der Waals surface area contributed by atoms with Crippen molar-refractivity contribution < 1.29 is 37.4 Å². The third-order valence-corrected chi connectivity index (χ3v) is 7.75. The Morgan fingerprint density at radius 2 is 1.56 bits per heavy atom. The Bertz CT molecular complexity index is 1390. The number of halogens is 3. The van der Waals surface area contributed by atoms with Gasteiger partial charge in [-0.05, 0) is 52.7 Å². The first-order valence-electron chi connectivity index (χ1n) is 15.1. The summed E-state index contributed by atoms with van der Waals surface area (Å²) >= 11 is 0. The van der Waals surface area contributed by atoms with Crippen LogP contribution in [0.1, 0.15) is 48.8 Å². The molecule has 1 saturated carbocycles. The van der Waals surface area contributed by atoms with Gasteiger partial charge >= 0.3 is 12.1 Å². The highest BCUT2D eigenvalue weighted by atomic mass is 19.4. The number of esters is 1. The van der Waals surface area contributed by atoms with E-state index in [-0.39, 0.29) is 30.2 Å². The number of alkyl halides is 3. The van der Waals surface area contributed by atoms with Gasteiger partial charge in [0.25, 0.3) is 0 Å². The monoisotopic (exact) mass is 623 g/mol. The molecule has 1 aliphatic carbocycles. The second-order valence-electron chi connectivity index (χ2n) is 11.1. The van der Waals surface area contributed by atoms with E-state index >= 15 is 0 Å². The van der Waals surface area contributed by atoms with E-state index < -0.39 is 18.7 Å². The molecule has 0 spiro atoms. The molecule has 4 rings (SSSR count). The maximum absolute atomic E-state index is 12.6. The van der Waals surface area contributed by atoms with E-state index in [4.69, 9.17) is 14.3 Å². The molecular formula is C36H40F3NO5. The molecule has 3 aromatic rings. The summed E-state index contributed by atoms with van der Waals surface area (Å²) in [5.74, 6) is -0.348. The molecule has 3 atom stereocenters. The number of aliphatic hydroxyl groups is 1.